The standard InChI is InChI=1S/C11H22FNO/c1-8-10(12)6-9(13(8)5)7-14-11(2,3)4/h8-10H,6-7H2,1-5H3. The van der Waals surface area contributed by atoms with E-state index >= 15 is 0 Å². The van der Waals surface area contributed by atoms with Crippen molar-refractivity contribution in [2.75, 3.05) is 13.7 Å². The van der Waals surface area contributed by atoms with Gasteiger partial charge in [-0.15, -0.1) is 0 Å². The summed E-state index contributed by atoms with van der Waals surface area (Å²) >= 11 is 0. The second kappa shape index (κ2) is 4.15. The minimum atomic E-state index is -0.700. The first kappa shape index (κ1) is 11.9. The number of rotatable bonds is 2. The fourth-order valence-electron chi connectivity index (χ4n) is 1.74. The van der Waals surface area contributed by atoms with Crippen molar-refractivity contribution in [2.24, 2.45) is 0 Å². The van der Waals surface area contributed by atoms with Crippen LogP contribution in [0.5, 0.6) is 0 Å². The van der Waals surface area contributed by atoms with Crippen LogP contribution >= 0.6 is 0 Å². The third-order valence-electron chi connectivity index (χ3n) is 2.95. The van der Waals surface area contributed by atoms with Gasteiger partial charge in [0.05, 0.1) is 12.2 Å². The molecule has 0 aromatic heterocycles. The SMILES string of the molecule is CC1C(F)CC(COC(C)(C)C)N1C. The molecule has 3 heteroatoms. The van der Waals surface area contributed by atoms with Gasteiger partial charge in [-0.3, -0.25) is 4.90 Å². The van der Waals surface area contributed by atoms with Crippen LogP contribution in [-0.2, 0) is 4.74 Å². The first-order chi connectivity index (χ1) is 6.31. The maximum atomic E-state index is 13.3. The number of halogens is 1. The Morgan fingerprint density at radius 2 is 2.00 bits per heavy atom. The molecule has 1 aliphatic rings. The van der Waals surface area contributed by atoms with E-state index in [-0.39, 0.29) is 17.7 Å². The van der Waals surface area contributed by atoms with Gasteiger partial charge in [0.15, 0.2) is 0 Å². The molecule has 84 valence electrons. The number of likely N-dealkylation sites (tertiary alicyclic amines) is 1. The fraction of sp³-hybridized carbons (Fsp3) is 1.00. The molecule has 3 atom stereocenters. The highest BCUT2D eigenvalue weighted by Gasteiger charge is 2.36. The average molecular weight is 203 g/mol. The minimum Gasteiger partial charge on any atom is -0.374 e. The molecule has 0 aromatic rings. The molecular weight excluding hydrogens is 181 g/mol. The van der Waals surface area contributed by atoms with Gasteiger partial charge < -0.3 is 4.74 Å². The van der Waals surface area contributed by atoms with Crippen LogP contribution in [0, 0.1) is 0 Å². The van der Waals surface area contributed by atoms with Crippen molar-refractivity contribution in [3.05, 3.63) is 0 Å². The molecule has 1 aliphatic heterocycles. The van der Waals surface area contributed by atoms with Gasteiger partial charge in [0.1, 0.15) is 6.17 Å². The van der Waals surface area contributed by atoms with Crippen LogP contribution in [0.3, 0.4) is 0 Å². The molecule has 14 heavy (non-hydrogen) atoms. The summed E-state index contributed by atoms with van der Waals surface area (Å²) in [7, 11) is 1.97. The number of ether oxygens (including phenoxy) is 1. The Bertz CT molecular complexity index is 190. The molecule has 0 amide bonds. The molecule has 0 saturated carbocycles. The molecule has 2 nitrogen and oxygen atoms in total. The van der Waals surface area contributed by atoms with Crippen LogP contribution in [0.4, 0.5) is 4.39 Å². The highest BCUT2D eigenvalue weighted by molar-refractivity contribution is 4.90. The van der Waals surface area contributed by atoms with E-state index in [1.54, 1.807) is 0 Å². The summed E-state index contributed by atoms with van der Waals surface area (Å²) in [6.07, 6.45) is -0.0955. The predicted molar refractivity (Wildman–Crippen MR) is 56.2 cm³/mol. The van der Waals surface area contributed by atoms with E-state index in [4.69, 9.17) is 4.74 Å². The molecule has 1 fully saturated rings. The van der Waals surface area contributed by atoms with Crippen molar-refractivity contribution in [3.63, 3.8) is 0 Å². The van der Waals surface area contributed by atoms with Crippen LogP contribution < -0.4 is 0 Å². The second-order valence-corrected chi connectivity index (χ2v) is 5.23. The zero-order chi connectivity index (χ0) is 10.9. The van der Waals surface area contributed by atoms with Gasteiger partial charge >= 0.3 is 0 Å². The van der Waals surface area contributed by atoms with E-state index < -0.39 is 6.17 Å². The Labute approximate surface area is 86.4 Å². The lowest BCUT2D eigenvalue weighted by molar-refractivity contribution is -0.0276. The summed E-state index contributed by atoms with van der Waals surface area (Å²) < 4.78 is 19.0. The smallest absolute Gasteiger partial charge is 0.117 e. The van der Waals surface area contributed by atoms with Crippen molar-refractivity contribution in [1.82, 2.24) is 4.90 Å². The normalized spacial score (nSPS) is 35.1. The molecule has 1 heterocycles. The first-order valence-corrected chi connectivity index (χ1v) is 5.31. The van der Waals surface area contributed by atoms with E-state index in [2.05, 4.69) is 4.90 Å². The highest BCUT2D eigenvalue weighted by Crippen LogP contribution is 2.26. The molecule has 0 radical (unpaired) electrons. The topological polar surface area (TPSA) is 12.5 Å². The Morgan fingerprint density at radius 1 is 1.43 bits per heavy atom. The summed E-state index contributed by atoms with van der Waals surface area (Å²) in [5.74, 6) is 0. The van der Waals surface area contributed by atoms with E-state index in [1.165, 1.54) is 0 Å². The van der Waals surface area contributed by atoms with Gasteiger partial charge in [0, 0.05) is 12.1 Å². The predicted octanol–water partition coefficient (Wildman–Crippen LogP) is 2.23. The molecule has 0 N–H and O–H groups in total. The van der Waals surface area contributed by atoms with Crippen LogP contribution in [-0.4, -0.2) is 42.4 Å². The molecule has 1 saturated heterocycles. The number of hydrogen-bond acceptors (Lipinski definition) is 2. The van der Waals surface area contributed by atoms with Crippen molar-refractivity contribution in [2.45, 2.75) is 58.0 Å². The third kappa shape index (κ3) is 2.92. The van der Waals surface area contributed by atoms with Crippen molar-refractivity contribution < 1.29 is 9.13 Å². The summed E-state index contributed by atoms with van der Waals surface area (Å²) in [6.45, 7) is 8.64. The number of nitrogens with zero attached hydrogens (tertiary/aromatic N) is 1. The van der Waals surface area contributed by atoms with Crippen molar-refractivity contribution in [1.29, 1.82) is 0 Å². The number of hydrogen-bond donors (Lipinski definition) is 0. The largest absolute Gasteiger partial charge is 0.374 e. The lowest BCUT2D eigenvalue weighted by Crippen LogP contribution is -2.36. The first-order valence-electron chi connectivity index (χ1n) is 5.31. The second-order valence-electron chi connectivity index (χ2n) is 5.23. The number of likely N-dealkylation sites (N-methyl/N-ethyl adjacent to an activating group) is 1. The lowest BCUT2D eigenvalue weighted by Gasteiger charge is -2.27. The molecule has 0 spiro atoms. The van der Waals surface area contributed by atoms with Crippen LogP contribution in [0.15, 0.2) is 0 Å². The van der Waals surface area contributed by atoms with Crippen molar-refractivity contribution in [3.8, 4) is 0 Å². The summed E-state index contributed by atoms with van der Waals surface area (Å²) in [4.78, 5) is 2.08. The maximum Gasteiger partial charge on any atom is 0.117 e. The Hall–Kier alpha value is -0.150. The van der Waals surface area contributed by atoms with Gasteiger partial charge in [-0.2, -0.15) is 0 Å². The third-order valence-corrected chi connectivity index (χ3v) is 2.95. The molecule has 0 aliphatic carbocycles. The molecule has 1 rings (SSSR count). The van der Waals surface area contributed by atoms with Crippen LogP contribution in [0.25, 0.3) is 0 Å². The zero-order valence-electron chi connectivity index (χ0n) is 9.88. The van der Waals surface area contributed by atoms with Gasteiger partial charge in [-0.25, -0.2) is 4.39 Å². The average Bonchev–Trinajstić information content (AvgIpc) is 2.28. The van der Waals surface area contributed by atoms with Gasteiger partial charge in [0.25, 0.3) is 0 Å². The molecular formula is C11H22FNO. The Kier molecular flexibility index (Phi) is 3.53. The fourth-order valence-corrected chi connectivity index (χ4v) is 1.74. The van der Waals surface area contributed by atoms with Gasteiger partial charge in [0.2, 0.25) is 0 Å². The molecule has 3 unspecified atom stereocenters. The van der Waals surface area contributed by atoms with E-state index in [0.717, 1.165) is 0 Å². The van der Waals surface area contributed by atoms with Crippen LogP contribution in [0.1, 0.15) is 34.1 Å². The lowest BCUT2D eigenvalue weighted by atomic mass is 10.1. The zero-order valence-corrected chi connectivity index (χ0v) is 9.88. The van der Waals surface area contributed by atoms with E-state index in [9.17, 15) is 4.39 Å². The van der Waals surface area contributed by atoms with Gasteiger partial charge in [-0.1, -0.05) is 0 Å². The molecule has 0 bridgehead atoms. The van der Waals surface area contributed by atoms with E-state index in [1.807, 2.05) is 34.7 Å². The highest BCUT2D eigenvalue weighted by atomic mass is 19.1. The maximum absolute atomic E-state index is 13.3. The quantitative estimate of drug-likeness (QED) is 0.682. The monoisotopic (exact) mass is 203 g/mol. The Balaban J connectivity index is 2.40. The van der Waals surface area contributed by atoms with Crippen LogP contribution in [0.2, 0.25) is 0 Å². The van der Waals surface area contributed by atoms with E-state index in [0.29, 0.717) is 13.0 Å². The van der Waals surface area contributed by atoms with Gasteiger partial charge in [-0.05, 0) is 41.2 Å². The summed E-state index contributed by atoms with van der Waals surface area (Å²) in [6, 6.07) is 0.266. The number of alkyl halides is 1. The van der Waals surface area contributed by atoms with Crippen molar-refractivity contribution >= 4 is 0 Å². The summed E-state index contributed by atoms with van der Waals surface area (Å²) in [5.41, 5.74) is -0.127. The summed E-state index contributed by atoms with van der Waals surface area (Å²) in [5, 5.41) is 0. The molecule has 0 aromatic carbocycles. The Morgan fingerprint density at radius 3 is 2.36 bits per heavy atom. The minimum absolute atomic E-state index is 0.0311.